The van der Waals surface area contributed by atoms with Crippen LogP contribution in [0.15, 0.2) is 18.2 Å². The predicted octanol–water partition coefficient (Wildman–Crippen LogP) is 0.348. The van der Waals surface area contributed by atoms with Crippen LogP contribution in [0.1, 0.15) is 55.7 Å². The molecule has 0 aromatic heterocycles. The molecule has 3 unspecified atom stereocenters. The lowest BCUT2D eigenvalue weighted by molar-refractivity contribution is -0.154. The van der Waals surface area contributed by atoms with Crippen LogP contribution in [0.3, 0.4) is 0 Å². The van der Waals surface area contributed by atoms with Crippen molar-refractivity contribution in [2.75, 3.05) is 24.7 Å². The van der Waals surface area contributed by atoms with E-state index in [0.717, 1.165) is 19.1 Å². The lowest BCUT2D eigenvalue weighted by Crippen LogP contribution is -2.52. The summed E-state index contributed by atoms with van der Waals surface area (Å²) in [6.07, 6.45) is 1.16. The van der Waals surface area contributed by atoms with Crippen molar-refractivity contribution >= 4 is 27.6 Å². The molecule has 30 heavy (non-hydrogen) atoms. The van der Waals surface area contributed by atoms with E-state index in [0.29, 0.717) is 29.8 Å². The van der Waals surface area contributed by atoms with Crippen LogP contribution in [0.4, 0.5) is 5.69 Å². The lowest BCUT2D eigenvalue weighted by Gasteiger charge is -2.34. The van der Waals surface area contributed by atoms with Crippen molar-refractivity contribution in [1.29, 1.82) is 0 Å². The van der Waals surface area contributed by atoms with E-state index < -0.39 is 34.5 Å². The Hall–Kier alpha value is -2.05. The summed E-state index contributed by atoms with van der Waals surface area (Å²) in [5.41, 5.74) is 1.68. The molecule has 1 fully saturated rings. The molecule has 2 aliphatic heterocycles. The first-order valence-corrected chi connectivity index (χ1v) is 11.7. The van der Waals surface area contributed by atoms with E-state index in [2.05, 4.69) is 10.6 Å². The minimum atomic E-state index is -3.42. The highest BCUT2D eigenvalue weighted by atomic mass is 32.2. The first kappa shape index (κ1) is 22.6. The second kappa shape index (κ2) is 9.40. The normalized spacial score (nSPS) is 24.6. The molecule has 0 bridgehead atoms. The maximum atomic E-state index is 12.2. The molecule has 166 valence electrons. The van der Waals surface area contributed by atoms with Crippen LogP contribution in [-0.2, 0) is 23.9 Å². The molecule has 1 aromatic rings. The Morgan fingerprint density at radius 2 is 1.97 bits per heavy atom. The molecule has 4 N–H and O–H groups in total. The fraction of sp³-hybridized carbons (Fsp3) is 0.579. The van der Waals surface area contributed by atoms with E-state index in [-0.39, 0.29) is 25.4 Å². The largest absolute Gasteiger partial charge is 0.385 e. The monoisotopic (exact) mass is 441 g/mol. The number of carbonyl (C=O) groups is 2. The third-order valence-corrected chi connectivity index (χ3v) is 5.84. The van der Waals surface area contributed by atoms with Gasteiger partial charge in [0.05, 0.1) is 18.9 Å². The summed E-state index contributed by atoms with van der Waals surface area (Å²) in [4.78, 5) is 24.9. The van der Waals surface area contributed by atoms with Crippen molar-refractivity contribution in [3.8, 4) is 0 Å². The number of imide groups is 1. The van der Waals surface area contributed by atoms with Crippen LogP contribution in [0, 0.1) is 0 Å². The summed E-state index contributed by atoms with van der Waals surface area (Å²) < 4.78 is 26.5. The van der Waals surface area contributed by atoms with E-state index in [4.69, 9.17) is 4.18 Å². The minimum absolute atomic E-state index is 0.144. The Kier molecular flexibility index (Phi) is 7.09. The van der Waals surface area contributed by atoms with Crippen LogP contribution in [0.25, 0.3) is 0 Å². The molecule has 0 radical (unpaired) electrons. The van der Waals surface area contributed by atoms with E-state index in [9.17, 15) is 28.2 Å². The molecule has 3 rings (SSSR count). The van der Waals surface area contributed by atoms with Crippen molar-refractivity contribution in [1.82, 2.24) is 10.2 Å². The number of anilines is 1. The van der Waals surface area contributed by atoms with Gasteiger partial charge in [-0.15, -0.1) is 0 Å². The third kappa shape index (κ3) is 5.16. The highest BCUT2D eigenvalue weighted by Crippen LogP contribution is 2.45. The standard InChI is InChI=1S/C19H27N3O7S/c1-30(27,28)29-11-4-2-3-10-20-13-7-5-6-12-16(13)19(26)22(18(12)25)14-8-9-15(23)21-17(14)24/h5-7,14,18-20,25-26H,2-4,8-11H2,1H3,(H,21,23,24). The Balaban J connectivity index is 1.59. The van der Waals surface area contributed by atoms with Gasteiger partial charge in [0.2, 0.25) is 11.8 Å². The van der Waals surface area contributed by atoms with Crippen molar-refractivity contribution in [2.24, 2.45) is 0 Å². The fourth-order valence-electron chi connectivity index (χ4n) is 3.84. The number of hydrogen-bond donors (Lipinski definition) is 4. The van der Waals surface area contributed by atoms with Crippen LogP contribution in [0.5, 0.6) is 0 Å². The van der Waals surface area contributed by atoms with Gasteiger partial charge < -0.3 is 15.5 Å². The molecule has 1 saturated heterocycles. The van der Waals surface area contributed by atoms with Crippen LogP contribution < -0.4 is 10.6 Å². The Morgan fingerprint density at radius 3 is 2.67 bits per heavy atom. The number of unbranched alkanes of at least 4 members (excludes halogenated alkanes) is 2. The van der Waals surface area contributed by atoms with Gasteiger partial charge in [0, 0.05) is 29.8 Å². The van der Waals surface area contributed by atoms with Gasteiger partial charge in [0.1, 0.15) is 12.5 Å². The van der Waals surface area contributed by atoms with Crippen molar-refractivity contribution < 1.29 is 32.4 Å². The predicted molar refractivity (Wildman–Crippen MR) is 108 cm³/mol. The topological polar surface area (TPSA) is 145 Å². The maximum Gasteiger partial charge on any atom is 0.264 e. The van der Waals surface area contributed by atoms with Gasteiger partial charge in [-0.1, -0.05) is 12.1 Å². The number of nitrogens with zero attached hydrogens (tertiary/aromatic N) is 1. The van der Waals surface area contributed by atoms with E-state index in [1.807, 2.05) is 0 Å². The second-order valence-electron chi connectivity index (χ2n) is 7.48. The maximum absolute atomic E-state index is 12.2. The molecule has 0 spiro atoms. The number of aliphatic hydroxyl groups excluding tert-OH is 2. The van der Waals surface area contributed by atoms with Crippen LogP contribution in [0.2, 0.25) is 0 Å². The quantitative estimate of drug-likeness (QED) is 0.242. The average molecular weight is 442 g/mol. The third-order valence-electron chi connectivity index (χ3n) is 5.24. The minimum Gasteiger partial charge on any atom is -0.385 e. The molecule has 0 saturated carbocycles. The van der Waals surface area contributed by atoms with E-state index in [1.54, 1.807) is 18.2 Å². The molecular formula is C19H27N3O7S. The van der Waals surface area contributed by atoms with Gasteiger partial charge in [-0.3, -0.25) is 19.1 Å². The first-order valence-electron chi connectivity index (χ1n) is 9.87. The SMILES string of the molecule is CS(=O)(=O)OCCCCCNc1cccc2c1C(O)N(C1CCC(=O)NC1=O)C2O. The highest BCUT2D eigenvalue weighted by Gasteiger charge is 2.45. The van der Waals surface area contributed by atoms with Crippen molar-refractivity contribution in [3.05, 3.63) is 29.3 Å². The molecule has 2 heterocycles. The van der Waals surface area contributed by atoms with Gasteiger partial charge in [0.15, 0.2) is 0 Å². The number of aliphatic hydroxyl groups is 2. The summed E-state index contributed by atoms with van der Waals surface area (Å²) in [6.45, 7) is 0.724. The summed E-state index contributed by atoms with van der Waals surface area (Å²) in [7, 11) is -3.42. The van der Waals surface area contributed by atoms with Crippen LogP contribution >= 0.6 is 0 Å². The highest BCUT2D eigenvalue weighted by molar-refractivity contribution is 7.85. The van der Waals surface area contributed by atoms with Gasteiger partial charge in [-0.25, -0.2) is 4.90 Å². The molecule has 2 aliphatic rings. The number of nitrogens with one attached hydrogen (secondary N) is 2. The van der Waals surface area contributed by atoms with Crippen molar-refractivity contribution in [2.45, 2.75) is 50.6 Å². The van der Waals surface area contributed by atoms with E-state index in [1.165, 1.54) is 4.90 Å². The number of benzene rings is 1. The Morgan fingerprint density at radius 1 is 1.20 bits per heavy atom. The van der Waals surface area contributed by atoms with Crippen molar-refractivity contribution in [3.63, 3.8) is 0 Å². The van der Waals surface area contributed by atoms with E-state index >= 15 is 0 Å². The molecule has 0 aliphatic carbocycles. The smallest absolute Gasteiger partial charge is 0.264 e. The molecule has 1 aromatic carbocycles. The van der Waals surface area contributed by atoms with Crippen LogP contribution in [-0.4, -0.2) is 60.8 Å². The number of piperidine rings is 1. The zero-order chi connectivity index (χ0) is 21.9. The number of amides is 2. The van der Waals surface area contributed by atoms with Gasteiger partial charge in [-0.2, -0.15) is 8.42 Å². The number of carbonyl (C=O) groups excluding carboxylic acids is 2. The summed E-state index contributed by atoms with van der Waals surface area (Å²) in [5, 5.41) is 27.1. The number of rotatable bonds is 9. The fourth-order valence-corrected chi connectivity index (χ4v) is 4.26. The number of fused-ring (bicyclic) bond motifs is 1. The zero-order valence-electron chi connectivity index (χ0n) is 16.7. The summed E-state index contributed by atoms with van der Waals surface area (Å²) in [6, 6.07) is 4.44. The Labute approximate surface area is 175 Å². The lowest BCUT2D eigenvalue weighted by atomic mass is 10.0. The number of hydrogen-bond acceptors (Lipinski definition) is 9. The molecule has 11 heteroatoms. The molecular weight excluding hydrogens is 414 g/mol. The average Bonchev–Trinajstić information content (AvgIpc) is 2.92. The van der Waals surface area contributed by atoms with Gasteiger partial charge >= 0.3 is 0 Å². The molecule has 10 nitrogen and oxygen atoms in total. The summed E-state index contributed by atoms with van der Waals surface area (Å²) in [5.74, 6) is -0.885. The zero-order valence-corrected chi connectivity index (χ0v) is 17.5. The van der Waals surface area contributed by atoms with Gasteiger partial charge in [0.25, 0.3) is 10.1 Å². The molecule has 2 amide bonds. The Bertz CT molecular complexity index is 905. The first-order chi connectivity index (χ1) is 14.2. The van der Waals surface area contributed by atoms with Gasteiger partial charge in [-0.05, 0) is 31.7 Å². The molecule has 3 atom stereocenters. The summed E-state index contributed by atoms with van der Waals surface area (Å²) >= 11 is 0. The second-order valence-corrected chi connectivity index (χ2v) is 9.13.